The second-order valence-electron chi connectivity index (χ2n) is 8.09. The van der Waals surface area contributed by atoms with Gasteiger partial charge in [0.05, 0.1) is 12.1 Å². The van der Waals surface area contributed by atoms with E-state index in [0.717, 1.165) is 30.8 Å². The van der Waals surface area contributed by atoms with Gasteiger partial charge in [0.25, 0.3) is 11.8 Å². The highest BCUT2D eigenvalue weighted by Gasteiger charge is 2.55. The molecular weight excluding hydrogens is 376 g/mol. The van der Waals surface area contributed by atoms with Crippen LogP contribution in [0.5, 0.6) is 5.75 Å². The van der Waals surface area contributed by atoms with Gasteiger partial charge in [0.2, 0.25) is 0 Å². The molecule has 8 nitrogen and oxygen atoms in total. The molecule has 0 bridgehead atoms. The van der Waals surface area contributed by atoms with Crippen LogP contribution in [-0.4, -0.2) is 51.6 Å². The van der Waals surface area contributed by atoms with Crippen LogP contribution in [0, 0.1) is 5.92 Å². The van der Waals surface area contributed by atoms with Crippen molar-refractivity contribution < 1.29 is 29.3 Å². The largest absolute Gasteiger partial charge is 0.511 e. The molecule has 29 heavy (non-hydrogen) atoms. The van der Waals surface area contributed by atoms with E-state index in [1.807, 2.05) is 24.3 Å². The molecule has 1 spiro atoms. The van der Waals surface area contributed by atoms with E-state index in [0.29, 0.717) is 12.5 Å². The predicted molar refractivity (Wildman–Crippen MR) is 102 cm³/mol. The first-order valence-corrected chi connectivity index (χ1v) is 9.84. The van der Waals surface area contributed by atoms with E-state index in [4.69, 9.17) is 9.84 Å². The van der Waals surface area contributed by atoms with Crippen molar-refractivity contribution in [1.82, 2.24) is 10.2 Å². The molecule has 0 saturated heterocycles. The number of benzene rings is 1. The minimum absolute atomic E-state index is 0.206. The molecule has 1 heterocycles. The fourth-order valence-electron chi connectivity index (χ4n) is 3.64. The van der Waals surface area contributed by atoms with Gasteiger partial charge in [-0.1, -0.05) is 12.1 Å². The molecule has 1 aliphatic heterocycles. The van der Waals surface area contributed by atoms with Gasteiger partial charge in [-0.05, 0) is 49.3 Å². The van der Waals surface area contributed by atoms with Gasteiger partial charge in [-0.15, -0.1) is 0 Å². The summed E-state index contributed by atoms with van der Waals surface area (Å²) >= 11 is 0. The van der Waals surface area contributed by atoms with Crippen LogP contribution in [0.25, 0.3) is 0 Å². The number of amides is 2. The molecule has 3 N–H and O–H groups in total. The van der Waals surface area contributed by atoms with Crippen molar-refractivity contribution in [2.24, 2.45) is 5.92 Å². The van der Waals surface area contributed by atoms with Gasteiger partial charge in [-0.2, -0.15) is 0 Å². The topological polar surface area (TPSA) is 116 Å². The van der Waals surface area contributed by atoms with Crippen molar-refractivity contribution in [2.75, 3.05) is 13.2 Å². The fraction of sp³-hybridized carbons (Fsp3) is 0.476. The third-order valence-electron chi connectivity index (χ3n) is 5.72. The van der Waals surface area contributed by atoms with E-state index >= 15 is 0 Å². The third kappa shape index (κ3) is 4.21. The van der Waals surface area contributed by atoms with Crippen molar-refractivity contribution >= 4 is 17.8 Å². The smallest absolute Gasteiger partial charge is 0.322 e. The number of carboxylic acids is 1. The van der Waals surface area contributed by atoms with E-state index in [1.165, 1.54) is 12.8 Å². The van der Waals surface area contributed by atoms with Crippen LogP contribution in [0.15, 0.2) is 35.6 Å². The predicted octanol–water partition coefficient (Wildman–Crippen LogP) is 1.75. The van der Waals surface area contributed by atoms with Gasteiger partial charge in [-0.25, -0.2) is 0 Å². The summed E-state index contributed by atoms with van der Waals surface area (Å²) in [5.74, 6) is -1.46. The number of nitrogens with one attached hydrogen (secondary N) is 1. The highest BCUT2D eigenvalue weighted by molar-refractivity contribution is 6.19. The Morgan fingerprint density at radius 1 is 1.21 bits per heavy atom. The van der Waals surface area contributed by atoms with Gasteiger partial charge < -0.3 is 25.2 Å². The minimum atomic E-state index is -1.22. The molecule has 8 heteroatoms. The van der Waals surface area contributed by atoms with Gasteiger partial charge in [-0.3, -0.25) is 14.4 Å². The minimum Gasteiger partial charge on any atom is -0.511 e. The maximum absolute atomic E-state index is 13.0. The standard InChI is InChI=1S/C21H24N2O6/c24-16-9-21(7-8-21)23(20(28)18(16)19(27)22-10-17(25)26)11-13-3-5-15(6-4-13)29-12-14-1-2-14/h3-6,14,24H,1-2,7-12H2,(H,22,27)(H,25,26). The average molecular weight is 400 g/mol. The molecule has 2 fully saturated rings. The van der Waals surface area contributed by atoms with Crippen LogP contribution in [0.4, 0.5) is 0 Å². The lowest BCUT2D eigenvalue weighted by Crippen LogP contribution is -2.49. The number of aliphatic hydroxyl groups excluding tert-OH is 1. The Morgan fingerprint density at radius 2 is 1.90 bits per heavy atom. The lowest BCUT2D eigenvalue weighted by Gasteiger charge is -2.36. The molecule has 2 saturated carbocycles. The summed E-state index contributed by atoms with van der Waals surface area (Å²) in [6, 6.07) is 7.54. The summed E-state index contributed by atoms with van der Waals surface area (Å²) in [6.45, 7) is 0.424. The zero-order valence-corrected chi connectivity index (χ0v) is 16.0. The van der Waals surface area contributed by atoms with E-state index in [2.05, 4.69) is 5.32 Å². The van der Waals surface area contributed by atoms with Crippen molar-refractivity contribution in [3.63, 3.8) is 0 Å². The van der Waals surface area contributed by atoms with Crippen LogP contribution < -0.4 is 10.1 Å². The lowest BCUT2D eigenvalue weighted by atomic mass is 9.96. The van der Waals surface area contributed by atoms with E-state index in [-0.39, 0.29) is 17.8 Å². The van der Waals surface area contributed by atoms with Crippen molar-refractivity contribution in [2.45, 2.75) is 44.2 Å². The maximum atomic E-state index is 13.0. The Morgan fingerprint density at radius 3 is 2.48 bits per heavy atom. The molecular formula is C21H24N2O6. The summed E-state index contributed by atoms with van der Waals surface area (Å²) in [6.07, 6.45) is 4.17. The average Bonchev–Trinajstić information content (AvgIpc) is 3.60. The highest BCUT2D eigenvalue weighted by Crippen LogP contribution is 2.50. The first-order chi connectivity index (χ1) is 13.9. The van der Waals surface area contributed by atoms with Gasteiger partial charge in [0.15, 0.2) is 0 Å². The third-order valence-corrected chi connectivity index (χ3v) is 5.72. The molecule has 2 amide bonds. The quantitative estimate of drug-likeness (QED) is 0.573. The molecule has 2 aliphatic carbocycles. The van der Waals surface area contributed by atoms with Crippen LogP contribution in [0.2, 0.25) is 0 Å². The van der Waals surface area contributed by atoms with Crippen LogP contribution in [0.1, 0.15) is 37.7 Å². The Bertz CT molecular complexity index is 868. The molecule has 0 atom stereocenters. The second-order valence-corrected chi connectivity index (χ2v) is 8.09. The van der Waals surface area contributed by atoms with Crippen LogP contribution >= 0.6 is 0 Å². The second kappa shape index (κ2) is 7.42. The van der Waals surface area contributed by atoms with Crippen molar-refractivity contribution in [3.8, 4) is 5.75 Å². The first-order valence-electron chi connectivity index (χ1n) is 9.84. The zero-order chi connectivity index (χ0) is 20.6. The number of carboxylic acid groups (broad SMARTS) is 1. The highest BCUT2D eigenvalue weighted by atomic mass is 16.5. The number of ether oxygens (including phenoxy) is 1. The summed E-state index contributed by atoms with van der Waals surface area (Å²) in [5.41, 5.74) is 0.0713. The molecule has 0 aromatic heterocycles. The summed E-state index contributed by atoms with van der Waals surface area (Å²) < 4.78 is 5.74. The molecule has 154 valence electrons. The normalized spacial score (nSPS) is 20.0. The number of carbonyl (C=O) groups is 3. The fourth-order valence-corrected chi connectivity index (χ4v) is 3.64. The molecule has 0 radical (unpaired) electrons. The zero-order valence-electron chi connectivity index (χ0n) is 16.0. The summed E-state index contributed by atoms with van der Waals surface area (Å²) in [7, 11) is 0. The van der Waals surface area contributed by atoms with Gasteiger partial charge in [0, 0.05) is 13.0 Å². The van der Waals surface area contributed by atoms with Crippen LogP contribution in [-0.2, 0) is 20.9 Å². The molecule has 3 aliphatic rings. The maximum Gasteiger partial charge on any atom is 0.322 e. The van der Waals surface area contributed by atoms with Gasteiger partial charge >= 0.3 is 5.97 Å². The number of nitrogens with zero attached hydrogens (tertiary/aromatic N) is 1. The SMILES string of the molecule is O=C(O)CNC(=O)C1=C(O)CC2(CC2)N(Cc2ccc(OCC3CC3)cc2)C1=O. The molecule has 0 unspecified atom stereocenters. The van der Waals surface area contributed by atoms with Crippen molar-refractivity contribution in [1.29, 1.82) is 0 Å². The number of hydrogen-bond donors (Lipinski definition) is 3. The number of rotatable bonds is 8. The number of hydrogen-bond acceptors (Lipinski definition) is 5. The number of carbonyl (C=O) groups excluding carboxylic acids is 2. The van der Waals surface area contributed by atoms with Gasteiger partial charge in [0.1, 0.15) is 23.6 Å². The molecule has 1 aromatic rings. The number of aliphatic hydroxyl groups is 1. The van der Waals surface area contributed by atoms with E-state index in [9.17, 15) is 19.5 Å². The Hall–Kier alpha value is -3.03. The van der Waals surface area contributed by atoms with Crippen LogP contribution in [0.3, 0.4) is 0 Å². The molecule has 1 aromatic carbocycles. The Labute approximate surface area is 168 Å². The Balaban J connectivity index is 1.46. The summed E-state index contributed by atoms with van der Waals surface area (Å²) in [4.78, 5) is 37.6. The van der Waals surface area contributed by atoms with E-state index < -0.39 is 29.9 Å². The van der Waals surface area contributed by atoms with E-state index in [1.54, 1.807) is 4.90 Å². The summed E-state index contributed by atoms with van der Waals surface area (Å²) in [5, 5.41) is 21.2. The number of aliphatic carboxylic acids is 1. The monoisotopic (exact) mass is 400 g/mol. The first kappa shape index (κ1) is 19.3. The van der Waals surface area contributed by atoms with Crippen molar-refractivity contribution in [3.05, 3.63) is 41.2 Å². The molecule has 4 rings (SSSR count). The lowest BCUT2D eigenvalue weighted by molar-refractivity contribution is -0.139. The Kier molecular flexibility index (Phi) is 4.94.